The largest absolute Gasteiger partial charge is 0.497 e. The van der Waals surface area contributed by atoms with Crippen LogP contribution in [0.1, 0.15) is 10.4 Å². The fraction of sp³-hybridized carbons (Fsp3) is 0.0870. The number of thioether (sulfide) groups is 1. The maximum absolute atomic E-state index is 12.5. The van der Waals surface area contributed by atoms with Gasteiger partial charge in [-0.15, -0.1) is 11.3 Å². The van der Waals surface area contributed by atoms with Crippen molar-refractivity contribution in [3.8, 4) is 5.75 Å². The molecule has 0 aliphatic rings. The summed E-state index contributed by atoms with van der Waals surface area (Å²) in [7, 11) is 1.60. The van der Waals surface area contributed by atoms with Gasteiger partial charge in [-0.2, -0.15) is 0 Å². The molecular formula is C23H18ClN3O3S2. The summed E-state index contributed by atoms with van der Waals surface area (Å²) in [5, 5.41) is 6.11. The zero-order chi connectivity index (χ0) is 22.5. The molecule has 0 saturated carbocycles. The van der Waals surface area contributed by atoms with Crippen molar-refractivity contribution in [2.24, 2.45) is 0 Å². The zero-order valence-electron chi connectivity index (χ0n) is 16.9. The highest BCUT2D eigenvalue weighted by molar-refractivity contribution is 8.01. The van der Waals surface area contributed by atoms with Crippen LogP contribution in [0.15, 0.2) is 71.1 Å². The molecule has 0 aliphatic heterocycles. The van der Waals surface area contributed by atoms with E-state index < -0.39 is 0 Å². The predicted octanol–water partition coefficient (Wildman–Crippen LogP) is 5.94. The van der Waals surface area contributed by atoms with Crippen molar-refractivity contribution in [3.05, 3.63) is 77.3 Å². The number of carbonyl (C=O) groups excluding carboxylic acids is 2. The summed E-state index contributed by atoms with van der Waals surface area (Å²) in [6.07, 6.45) is 0. The summed E-state index contributed by atoms with van der Waals surface area (Å²) < 4.78 is 6.81. The number of nitrogens with zero attached hydrogens (tertiary/aromatic N) is 1. The van der Waals surface area contributed by atoms with Crippen molar-refractivity contribution in [2.75, 3.05) is 23.5 Å². The number of anilines is 2. The van der Waals surface area contributed by atoms with Gasteiger partial charge in [-0.1, -0.05) is 35.5 Å². The van der Waals surface area contributed by atoms with Crippen LogP contribution in [0.25, 0.3) is 10.2 Å². The molecule has 0 unspecified atom stereocenters. The first-order valence-corrected chi connectivity index (χ1v) is 11.7. The second-order valence-electron chi connectivity index (χ2n) is 6.66. The average molecular weight is 484 g/mol. The fourth-order valence-electron chi connectivity index (χ4n) is 2.89. The van der Waals surface area contributed by atoms with Crippen LogP contribution in [0.4, 0.5) is 11.4 Å². The molecular weight excluding hydrogens is 466 g/mol. The lowest BCUT2D eigenvalue weighted by atomic mass is 10.2. The van der Waals surface area contributed by atoms with E-state index in [-0.39, 0.29) is 17.6 Å². The molecule has 2 amide bonds. The molecule has 0 saturated heterocycles. The van der Waals surface area contributed by atoms with Gasteiger partial charge in [0.15, 0.2) is 4.34 Å². The molecule has 4 aromatic rings. The highest BCUT2D eigenvalue weighted by atomic mass is 35.5. The Bertz CT molecular complexity index is 1280. The number of hydrogen-bond acceptors (Lipinski definition) is 6. The van der Waals surface area contributed by atoms with E-state index in [1.54, 1.807) is 61.7 Å². The topological polar surface area (TPSA) is 80.3 Å². The summed E-state index contributed by atoms with van der Waals surface area (Å²) in [5.41, 5.74) is 2.58. The lowest BCUT2D eigenvalue weighted by Crippen LogP contribution is -2.13. The zero-order valence-corrected chi connectivity index (χ0v) is 19.3. The number of carbonyl (C=O) groups is 2. The Morgan fingerprint density at radius 1 is 1.03 bits per heavy atom. The van der Waals surface area contributed by atoms with Crippen LogP contribution in [0.5, 0.6) is 5.75 Å². The lowest BCUT2D eigenvalue weighted by Gasteiger charge is -2.06. The van der Waals surface area contributed by atoms with Gasteiger partial charge >= 0.3 is 0 Å². The van der Waals surface area contributed by atoms with Gasteiger partial charge in [0, 0.05) is 11.4 Å². The van der Waals surface area contributed by atoms with Crippen LogP contribution < -0.4 is 15.4 Å². The van der Waals surface area contributed by atoms with E-state index in [9.17, 15) is 9.59 Å². The molecule has 0 spiro atoms. The summed E-state index contributed by atoms with van der Waals surface area (Å²) in [5.74, 6) is 0.577. The number of ether oxygens (including phenoxy) is 1. The SMILES string of the molecule is COc1ccc(NC(=O)CSc2nc3ccc(NC(=O)c4ccccc4Cl)cc3s2)cc1. The van der Waals surface area contributed by atoms with Gasteiger partial charge in [0.2, 0.25) is 5.91 Å². The van der Waals surface area contributed by atoms with Gasteiger partial charge < -0.3 is 15.4 Å². The number of thiazole rings is 1. The second-order valence-corrected chi connectivity index (χ2v) is 9.32. The van der Waals surface area contributed by atoms with E-state index in [2.05, 4.69) is 15.6 Å². The molecule has 32 heavy (non-hydrogen) atoms. The summed E-state index contributed by atoms with van der Waals surface area (Å²) in [6.45, 7) is 0. The van der Waals surface area contributed by atoms with Crippen molar-refractivity contribution in [3.63, 3.8) is 0 Å². The fourth-order valence-corrected chi connectivity index (χ4v) is 5.01. The van der Waals surface area contributed by atoms with E-state index >= 15 is 0 Å². The van der Waals surface area contributed by atoms with Crippen LogP contribution >= 0.6 is 34.7 Å². The van der Waals surface area contributed by atoms with Crippen LogP contribution in [-0.2, 0) is 4.79 Å². The quantitative estimate of drug-likeness (QED) is 0.318. The molecule has 2 N–H and O–H groups in total. The van der Waals surface area contributed by atoms with Crippen molar-refractivity contribution in [2.45, 2.75) is 4.34 Å². The predicted molar refractivity (Wildman–Crippen MR) is 131 cm³/mol. The molecule has 0 bridgehead atoms. The number of amides is 2. The Hall–Kier alpha value is -3.07. The number of rotatable bonds is 7. The number of halogens is 1. The number of fused-ring (bicyclic) bond motifs is 1. The van der Waals surface area contributed by atoms with Gasteiger partial charge in [-0.05, 0) is 54.6 Å². The Balaban J connectivity index is 1.37. The van der Waals surface area contributed by atoms with Crippen LogP contribution in [0.2, 0.25) is 5.02 Å². The molecule has 9 heteroatoms. The third-order valence-electron chi connectivity index (χ3n) is 4.45. The maximum atomic E-state index is 12.5. The molecule has 1 aromatic heterocycles. The smallest absolute Gasteiger partial charge is 0.257 e. The molecule has 6 nitrogen and oxygen atoms in total. The second kappa shape index (κ2) is 10.0. The highest BCUT2D eigenvalue weighted by Gasteiger charge is 2.12. The number of aromatic nitrogens is 1. The highest BCUT2D eigenvalue weighted by Crippen LogP contribution is 2.31. The van der Waals surface area contributed by atoms with E-state index in [0.717, 1.165) is 20.3 Å². The Kier molecular flexibility index (Phi) is 6.94. The van der Waals surface area contributed by atoms with Crippen LogP contribution in [0, 0.1) is 0 Å². The first kappa shape index (κ1) is 22.1. The summed E-state index contributed by atoms with van der Waals surface area (Å²) in [4.78, 5) is 29.3. The molecule has 162 valence electrons. The third-order valence-corrected chi connectivity index (χ3v) is 6.94. The molecule has 4 rings (SSSR count). The molecule has 0 radical (unpaired) electrons. The van der Waals surface area contributed by atoms with Gasteiger partial charge in [-0.3, -0.25) is 9.59 Å². The normalized spacial score (nSPS) is 10.7. The van der Waals surface area contributed by atoms with Crippen molar-refractivity contribution < 1.29 is 14.3 Å². The van der Waals surface area contributed by atoms with E-state index in [4.69, 9.17) is 16.3 Å². The van der Waals surface area contributed by atoms with Gasteiger partial charge in [0.25, 0.3) is 5.91 Å². The molecule has 3 aromatic carbocycles. The minimum absolute atomic E-state index is 0.118. The standard InChI is InChI=1S/C23H18ClN3O3S2/c1-30-16-9-6-14(7-10-16)25-21(28)13-31-23-27-19-11-8-15(12-20(19)32-23)26-22(29)17-4-2-3-5-18(17)24/h2-12H,13H2,1H3,(H,25,28)(H,26,29). The van der Waals surface area contributed by atoms with Crippen molar-refractivity contribution in [1.29, 1.82) is 0 Å². The molecule has 1 heterocycles. The van der Waals surface area contributed by atoms with Crippen LogP contribution in [0.3, 0.4) is 0 Å². The Morgan fingerprint density at radius 2 is 1.78 bits per heavy atom. The number of hydrogen-bond donors (Lipinski definition) is 2. The van der Waals surface area contributed by atoms with Crippen LogP contribution in [-0.4, -0.2) is 29.7 Å². The third kappa shape index (κ3) is 5.40. The van der Waals surface area contributed by atoms with Crippen molar-refractivity contribution >= 4 is 68.1 Å². The van der Waals surface area contributed by atoms with E-state index in [1.165, 1.54) is 23.1 Å². The van der Waals surface area contributed by atoms with Gasteiger partial charge in [0.05, 0.1) is 33.7 Å². The Labute approximate surface area is 198 Å². The van der Waals surface area contributed by atoms with E-state index in [0.29, 0.717) is 22.0 Å². The first-order chi connectivity index (χ1) is 15.5. The lowest BCUT2D eigenvalue weighted by molar-refractivity contribution is -0.113. The monoisotopic (exact) mass is 483 g/mol. The summed E-state index contributed by atoms with van der Waals surface area (Å²) in [6, 6.07) is 19.6. The molecule has 0 atom stereocenters. The molecule has 0 fully saturated rings. The minimum atomic E-state index is -0.274. The molecule has 0 aliphatic carbocycles. The van der Waals surface area contributed by atoms with E-state index in [1.807, 2.05) is 12.1 Å². The van der Waals surface area contributed by atoms with Crippen molar-refractivity contribution in [1.82, 2.24) is 4.98 Å². The minimum Gasteiger partial charge on any atom is -0.497 e. The number of benzene rings is 3. The Morgan fingerprint density at radius 3 is 2.53 bits per heavy atom. The maximum Gasteiger partial charge on any atom is 0.257 e. The number of nitrogens with one attached hydrogen (secondary N) is 2. The van der Waals surface area contributed by atoms with Gasteiger partial charge in [0.1, 0.15) is 5.75 Å². The average Bonchev–Trinajstić information content (AvgIpc) is 3.21. The van der Waals surface area contributed by atoms with Gasteiger partial charge in [-0.25, -0.2) is 4.98 Å². The number of methoxy groups -OCH3 is 1. The summed E-state index contributed by atoms with van der Waals surface area (Å²) >= 11 is 8.93. The first-order valence-electron chi connectivity index (χ1n) is 9.55.